The number of hydrogen-bond donors (Lipinski definition) is 0. The highest BCUT2D eigenvalue weighted by atomic mass is 35.5. The molecule has 0 radical (unpaired) electrons. The molecule has 0 saturated carbocycles. The number of aromatic nitrogens is 2. The highest BCUT2D eigenvalue weighted by Crippen LogP contribution is 2.31. The maximum atomic E-state index is 6.16. The van der Waals surface area contributed by atoms with E-state index in [0.29, 0.717) is 22.0 Å². The number of imidazole rings is 1. The van der Waals surface area contributed by atoms with Crippen molar-refractivity contribution in [2.45, 2.75) is 45.6 Å². The second-order valence-electron chi connectivity index (χ2n) is 5.08. The van der Waals surface area contributed by atoms with Crippen molar-refractivity contribution in [2.75, 3.05) is 5.88 Å². The predicted molar refractivity (Wildman–Crippen MR) is 88.4 cm³/mol. The molecular weight excluding hydrogens is 315 g/mol. The summed E-state index contributed by atoms with van der Waals surface area (Å²) in [6.45, 7) is 4.42. The molecule has 1 heterocycles. The number of benzene rings is 1. The third-order valence-electron chi connectivity index (χ3n) is 3.54. The first kappa shape index (κ1) is 15.9. The lowest BCUT2D eigenvalue weighted by molar-refractivity contribution is 0.482. The highest BCUT2D eigenvalue weighted by molar-refractivity contribution is 6.42. The fraction of sp³-hybridized carbons (Fsp3) is 0.533. The van der Waals surface area contributed by atoms with Gasteiger partial charge in [0.25, 0.3) is 0 Å². The predicted octanol–water partition coefficient (Wildman–Crippen LogP) is 5.88. The zero-order valence-corrected chi connectivity index (χ0v) is 14.1. The summed E-state index contributed by atoms with van der Waals surface area (Å²) in [5.74, 6) is 1.57. The van der Waals surface area contributed by atoms with Gasteiger partial charge in [0.2, 0.25) is 0 Å². The average molecular weight is 334 g/mol. The Labute approximate surface area is 135 Å². The maximum Gasteiger partial charge on any atom is 0.111 e. The van der Waals surface area contributed by atoms with Crippen LogP contribution in [-0.2, 0) is 6.42 Å². The van der Waals surface area contributed by atoms with Gasteiger partial charge in [0.15, 0.2) is 0 Å². The summed E-state index contributed by atoms with van der Waals surface area (Å²) < 4.78 is 2.26. The Kier molecular flexibility index (Phi) is 5.59. The van der Waals surface area contributed by atoms with Crippen LogP contribution >= 0.6 is 34.8 Å². The van der Waals surface area contributed by atoms with Gasteiger partial charge >= 0.3 is 0 Å². The standard InChI is InChI=1S/C15H19Cl3N2/c1-3-4-5-10(2)20-14-9-12(18)11(17)8-13(14)19-15(20)6-7-16/h8-10H,3-7H2,1-2H3. The van der Waals surface area contributed by atoms with Crippen LogP contribution in [0.15, 0.2) is 12.1 Å². The molecule has 0 amide bonds. The van der Waals surface area contributed by atoms with Gasteiger partial charge < -0.3 is 4.57 Å². The molecule has 1 aromatic carbocycles. The second-order valence-corrected chi connectivity index (χ2v) is 6.28. The summed E-state index contributed by atoms with van der Waals surface area (Å²) >= 11 is 18.1. The third-order valence-corrected chi connectivity index (χ3v) is 4.45. The lowest BCUT2D eigenvalue weighted by Crippen LogP contribution is -2.10. The lowest BCUT2D eigenvalue weighted by atomic mass is 10.1. The molecule has 0 spiro atoms. The summed E-state index contributed by atoms with van der Waals surface area (Å²) in [5.41, 5.74) is 1.94. The van der Waals surface area contributed by atoms with Crippen molar-refractivity contribution < 1.29 is 0 Å². The summed E-state index contributed by atoms with van der Waals surface area (Å²) in [6, 6.07) is 4.13. The quantitative estimate of drug-likeness (QED) is 0.604. The molecule has 0 aliphatic heterocycles. The van der Waals surface area contributed by atoms with Gasteiger partial charge in [-0.15, -0.1) is 11.6 Å². The van der Waals surface area contributed by atoms with Gasteiger partial charge in [-0.05, 0) is 25.5 Å². The summed E-state index contributed by atoms with van der Waals surface area (Å²) in [6.07, 6.45) is 4.26. The van der Waals surface area contributed by atoms with Crippen molar-refractivity contribution in [1.29, 1.82) is 0 Å². The van der Waals surface area contributed by atoms with Crippen molar-refractivity contribution in [3.63, 3.8) is 0 Å². The van der Waals surface area contributed by atoms with Crippen LogP contribution in [0.3, 0.4) is 0 Å². The number of hydrogen-bond acceptors (Lipinski definition) is 1. The molecule has 0 saturated heterocycles. The van der Waals surface area contributed by atoms with Crippen molar-refractivity contribution in [3.8, 4) is 0 Å². The molecule has 2 rings (SSSR count). The van der Waals surface area contributed by atoms with E-state index in [1.807, 2.05) is 12.1 Å². The molecule has 2 nitrogen and oxygen atoms in total. The van der Waals surface area contributed by atoms with Crippen molar-refractivity contribution in [3.05, 3.63) is 28.0 Å². The second kappa shape index (κ2) is 7.02. The monoisotopic (exact) mass is 332 g/mol. The maximum absolute atomic E-state index is 6.16. The highest BCUT2D eigenvalue weighted by Gasteiger charge is 2.16. The number of rotatable bonds is 6. The molecule has 2 aromatic rings. The van der Waals surface area contributed by atoms with Gasteiger partial charge in [-0.1, -0.05) is 43.0 Å². The Morgan fingerprint density at radius 2 is 1.95 bits per heavy atom. The Morgan fingerprint density at radius 1 is 1.25 bits per heavy atom. The fourth-order valence-corrected chi connectivity index (χ4v) is 3.01. The first-order valence-corrected chi connectivity index (χ1v) is 8.29. The Morgan fingerprint density at radius 3 is 2.60 bits per heavy atom. The number of halogens is 3. The molecule has 0 aliphatic rings. The molecule has 1 atom stereocenters. The van der Waals surface area contributed by atoms with Gasteiger partial charge in [-0.25, -0.2) is 4.98 Å². The molecule has 1 unspecified atom stereocenters. The van der Waals surface area contributed by atoms with E-state index in [1.54, 1.807) is 0 Å². The molecule has 0 N–H and O–H groups in total. The number of alkyl halides is 1. The van der Waals surface area contributed by atoms with Gasteiger partial charge in [-0.3, -0.25) is 0 Å². The van der Waals surface area contributed by atoms with Crippen LogP contribution in [0.5, 0.6) is 0 Å². The molecule has 0 bridgehead atoms. The van der Waals surface area contributed by atoms with Gasteiger partial charge in [-0.2, -0.15) is 0 Å². The minimum absolute atomic E-state index is 0.385. The Balaban J connectivity index is 2.52. The van der Waals surface area contributed by atoms with Crippen LogP contribution in [0.1, 0.15) is 45.0 Å². The van der Waals surface area contributed by atoms with Crippen LogP contribution in [0.4, 0.5) is 0 Å². The van der Waals surface area contributed by atoms with E-state index in [4.69, 9.17) is 34.8 Å². The molecule has 0 fully saturated rings. The van der Waals surface area contributed by atoms with E-state index in [9.17, 15) is 0 Å². The zero-order chi connectivity index (χ0) is 14.7. The van der Waals surface area contributed by atoms with Crippen molar-refractivity contribution in [1.82, 2.24) is 9.55 Å². The fourth-order valence-electron chi connectivity index (χ4n) is 2.52. The summed E-state index contributed by atoms with van der Waals surface area (Å²) in [5, 5.41) is 1.11. The number of nitrogens with zero attached hydrogens (tertiary/aromatic N) is 2. The number of aryl methyl sites for hydroxylation is 1. The molecule has 1 aromatic heterocycles. The first-order valence-electron chi connectivity index (χ1n) is 7.00. The summed E-state index contributed by atoms with van der Waals surface area (Å²) in [4.78, 5) is 4.67. The minimum Gasteiger partial charge on any atom is -0.325 e. The SMILES string of the molecule is CCCCC(C)n1c(CCCl)nc2cc(Cl)c(Cl)cc21. The third kappa shape index (κ3) is 3.24. The van der Waals surface area contributed by atoms with Crippen molar-refractivity contribution in [2.24, 2.45) is 0 Å². The Bertz CT molecular complexity index is 592. The van der Waals surface area contributed by atoms with Crippen molar-refractivity contribution >= 4 is 45.8 Å². The molecule has 20 heavy (non-hydrogen) atoms. The first-order chi connectivity index (χ1) is 9.58. The topological polar surface area (TPSA) is 17.8 Å². The molecular formula is C15H19Cl3N2. The van der Waals surface area contributed by atoms with Crippen LogP contribution in [0, 0.1) is 0 Å². The molecule has 5 heteroatoms. The summed E-state index contributed by atoms with van der Waals surface area (Å²) in [7, 11) is 0. The largest absolute Gasteiger partial charge is 0.325 e. The van der Waals surface area contributed by atoms with E-state index >= 15 is 0 Å². The lowest BCUT2D eigenvalue weighted by Gasteiger charge is -2.17. The van der Waals surface area contributed by atoms with E-state index in [-0.39, 0.29) is 0 Å². The Hall–Kier alpha value is -0.440. The van der Waals surface area contributed by atoms with Gasteiger partial charge in [0, 0.05) is 18.3 Å². The van der Waals surface area contributed by atoms with E-state index in [1.165, 1.54) is 12.8 Å². The smallest absolute Gasteiger partial charge is 0.111 e. The van der Waals surface area contributed by atoms with Crippen LogP contribution < -0.4 is 0 Å². The van der Waals surface area contributed by atoms with Gasteiger partial charge in [0.05, 0.1) is 21.1 Å². The molecule has 110 valence electrons. The van der Waals surface area contributed by atoms with E-state index < -0.39 is 0 Å². The van der Waals surface area contributed by atoms with Gasteiger partial charge in [0.1, 0.15) is 5.82 Å². The van der Waals surface area contributed by atoms with Crippen LogP contribution in [0.2, 0.25) is 10.0 Å². The molecule has 0 aliphatic carbocycles. The number of fused-ring (bicyclic) bond motifs is 1. The van der Waals surface area contributed by atoms with Crippen LogP contribution in [0.25, 0.3) is 11.0 Å². The van der Waals surface area contributed by atoms with E-state index in [2.05, 4.69) is 23.4 Å². The van der Waals surface area contributed by atoms with Crippen LogP contribution in [-0.4, -0.2) is 15.4 Å². The zero-order valence-electron chi connectivity index (χ0n) is 11.8. The normalized spacial score (nSPS) is 13.1. The minimum atomic E-state index is 0.385. The average Bonchev–Trinajstić information content (AvgIpc) is 2.74. The van der Waals surface area contributed by atoms with E-state index in [0.717, 1.165) is 29.7 Å². The number of unbranched alkanes of at least 4 members (excludes halogenated alkanes) is 1.